The van der Waals surface area contributed by atoms with Gasteiger partial charge in [-0.15, -0.1) is 0 Å². The van der Waals surface area contributed by atoms with Crippen molar-refractivity contribution < 1.29 is 14.7 Å². The normalized spacial score (nSPS) is 15.0. The average Bonchev–Trinajstić information content (AvgIpc) is 3.28. The quantitative estimate of drug-likeness (QED) is 0.870. The van der Waals surface area contributed by atoms with Gasteiger partial charge < -0.3 is 10.4 Å². The van der Waals surface area contributed by atoms with Crippen molar-refractivity contribution in [2.75, 3.05) is 11.9 Å². The van der Waals surface area contributed by atoms with Crippen LogP contribution in [-0.4, -0.2) is 30.2 Å². The van der Waals surface area contributed by atoms with E-state index in [2.05, 4.69) is 5.32 Å². The van der Waals surface area contributed by atoms with E-state index in [1.54, 1.807) is 31.3 Å². The average molecular weight is 273 g/mol. The monoisotopic (exact) mass is 273 g/mol. The Morgan fingerprint density at radius 3 is 2.45 bits per heavy atom. The molecule has 2 rings (SSSR count). The topological polar surface area (TPSA) is 93.4 Å². The molecule has 0 aromatic heterocycles. The second kappa shape index (κ2) is 5.61. The summed E-state index contributed by atoms with van der Waals surface area (Å²) in [5, 5.41) is 20.3. The molecule has 1 atom stereocenters. The Hall–Kier alpha value is -2.55. The number of nitrogens with one attached hydrogen (secondary N) is 1. The Balaban J connectivity index is 2.03. The number of rotatable bonds is 4. The Morgan fingerprint density at radius 1 is 1.40 bits per heavy atom. The van der Waals surface area contributed by atoms with Crippen LogP contribution in [0.5, 0.6) is 0 Å². The van der Waals surface area contributed by atoms with Crippen LogP contribution in [0.15, 0.2) is 24.3 Å². The first-order valence-corrected chi connectivity index (χ1v) is 6.30. The fourth-order valence-corrected chi connectivity index (χ4v) is 1.92. The maximum atomic E-state index is 12.0. The molecule has 0 radical (unpaired) electrons. The summed E-state index contributed by atoms with van der Waals surface area (Å²) >= 11 is 0. The molecule has 1 aliphatic carbocycles. The van der Waals surface area contributed by atoms with Gasteiger partial charge in [-0.05, 0) is 43.0 Å². The lowest BCUT2D eigenvalue weighted by molar-refractivity contribution is -0.139. The van der Waals surface area contributed by atoms with Crippen LogP contribution in [0.3, 0.4) is 0 Å². The molecule has 6 heteroatoms. The molecule has 104 valence electrons. The van der Waals surface area contributed by atoms with Gasteiger partial charge in [0.25, 0.3) is 0 Å². The van der Waals surface area contributed by atoms with E-state index >= 15 is 0 Å². The second-order valence-corrected chi connectivity index (χ2v) is 4.82. The first kappa shape index (κ1) is 13.9. The van der Waals surface area contributed by atoms with Crippen molar-refractivity contribution in [3.8, 4) is 6.07 Å². The fraction of sp³-hybridized carbons (Fsp3) is 0.357. The highest BCUT2D eigenvalue weighted by atomic mass is 16.4. The highest BCUT2D eigenvalue weighted by molar-refractivity contribution is 5.94. The molecule has 6 nitrogen and oxygen atoms in total. The number of carbonyl (C=O) groups is 2. The van der Waals surface area contributed by atoms with E-state index in [4.69, 9.17) is 10.4 Å². The minimum absolute atomic E-state index is 0.0332. The highest BCUT2D eigenvalue weighted by Crippen LogP contribution is 2.32. The van der Waals surface area contributed by atoms with E-state index in [9.17, 15) is 9.59 Å². The van der Waals surface area contributed by atoms with Gasteiger partial charge in [-0.1, -0.05) is 0 Å². The third kappa shape index (κ3) is 3.06. The zero-order valence-corrected chi connectivity index (χ0v) is 11.0. The van der Waals surface area contributed by atoms with Crippen LogP contribution in [-0.2, 0) is 4.79 Å². The number of carboxylic acids is 1. The number of hydrogen-bond acceptors (Lipinski definition) is 3. The van der Waals surface area contributed by atoms with E-state index in [-0.39, 0.29) is 5.92 Å². The SMILES string of the molecule is CN(C(=O)NC(C(=O)O)C1CC1)c1ccc(C#N)cc1. The maximum absolute atomic E-state index is 12.0. The van der Waals surface area contributed by atoms with E-state index < -0.39 is 18.0 Å². The molecule has 0 aliphatic heterocycles. The van der Waals surface area contributed by atoms with Crippen molar-refractivity contribution in [2.45, 2.75) is 18.9 Å². The first-order chi connectivity index (χ1) is 9.52. The van der Waals surface area contributed by atoms with Gasteiger partial charge in [0, 0.05) is 12.7 Å². The van der Waals surface area contributed by atoms with Gasteiger partial charge in [-0.3, -0.25) is 4.90 Å². The summed E-state index contributed by atoms with van der Waals surface area (Å²) in [5.41, 5.74) is 1.10. The lowest BCUT2D eigenvalue weighted by atomic mass is 10.2. The Labute approximate surface area is 116 Å². The Kier molecular flexibility index (Phi) is 3.89. The molecule has 1 fully saturated rings. The second-order valence-electron chi connectivity index (χ2n) is 4.82. The first-order valence-electron chi connectivity index (χ1n) is 6.30. The number of hydrogen-bond donors (Lipinski definition) is 2. The zero-order chi connectivity index (χ0) is 14.7. The summed E-state index contributed by atoms with van der Waals surface area (Å²) < 4.78 is 0. The number of nitrogens with zero attached hydrogens (tertiary/aromatic N) is 2. The molecule has 20 heavy (non-hydrogen) atoms. The largest absolute Gasteiger partial charge is 0.480 e. The number of benzene rings is 1. The molecule has 0 saturated heterocycles. The summed E-state index contributed by atoms with van der Waals surface area (Å²) in [6.07, 6.45) is 1.66. The smallest absolute Gasteiger partial charge is 0.326 e. The van der Waals surface area contributed by atoms with E-state index in [0.29, 0.717) is 11.3 Å². The van der Waals surface area contributed by atoms with Gasteiger partial charge in [0.05, 0.1) is 11.6 Å². The number of nitriles is 1. The van der Waals surface area contributed by atoms with Gasteiger partial charge in [0.1, 0.15) is 6.04 Å². The molecule has 0 heterocycles. The van der Waals surface area contributed by atoms with Crippen LogP contribution in [0, 0.1) is 17.2 Å². The third-order valence-corrected chi connectivity index (χ3v) is 3.33. The van der Waals surface area contributed by atoms with Gasteiger partial charge in [0.2, 0.25) is 0 Å². The number of carbonyl (C=O) groups excluding carboxylic acids is 1. The molecular weight excluding hydrogens is 258 g/mol. The lowest BCUT2D eigenvalue weighted by Crippen LogP contribution is -2.47. The summed E-state index contributed by atoms with van der Waals surface area (Å²) in [6, 6.07) is 7.20. The van der Waals surface area contributed by atoms with Gasteiger partial charge in [-0.2, -0.15) is 5.26 Å². The minimum Gasteiger partial charge on any atom is -0.480 e. The van der Waals surface area contributed by atoms with Crippen molar-refractivity contribution >= 4 is 17.7 Å². The molecule has 1 aromatic rings. The summed E-state index contributed by atoms with van der Waals surface area (Å²) in [5.74, 6) is -0.972. The summed E-state index contributed by atoms with van der Waals surface area (Å²) in [6.45, 7) is 0. The molecular formula is C14H15N3O3. The summed E-state index contributed by atoms with van der Waals surface area (Å²) in [4.78, 5) is 24.5. The molecule has 2 amide bonds. The molecule has 0 spiro atoms. The van der Waals surface area contributed by atoms with E-state index in [1.807, 2.05) is 6.07 Å². The fourth-order valence-electron chi connectivity index (χ4n) is 1.92. The maximum Gasteiger partial charge on any atom is 0.326 e. The van der Waals surface area contributed by atoms with Crippen molar-refractivity contribution in [1.29, 1.82) is 5.26 Å². The number of urea groups is 1. The standard InChI is InChI=1S/C14H15N3O3/c1-17(11-6-2-9(8-15)3-7-11)14(20)16-12(13(18)19)10-4-5-10/h2-3,6-7,10,12H,4-5H2,1H3,(H,16,20)(H,18,19). The van der Waals surface area contributed by atoms with Crippen LogP contribution in [0.4, 0.5) is 10.5 Å². The number of amides is 2. The Morgan fingerprint density at radius 2 is 2.00 bits per heavy atom. The molecule has 1 aliphatic rings. The van der Waals surface area contributed by atoms with Gasteiger partial charge in [-0.25, -0.2) is 9.59 Å². The number of anilines is 1. The highest BCUT2D eigenvalue weighted by Gasteiger charge is 2.37. The lowest BCUT2D eigenvalue weighted by Gasteiger charge is -2.21. The molecule has 1 aromatic carbocycles. The number of carboxylic acid groups (broad SMARTS) is 1. The van der Waals surface area contributed by atoms with Gasteiger partial charge in [0.15, 0.2) is 0 Å². The van der Waals surface area contributed by atoms with Crippen LogP contribution in [0.2, 0.25) is 0 Å². The van der Waals surface area contributed by atoms with Crippen molar-refractivity contribution in [2.24, 2.45) is 5.92 Å². The predicted octanol–water partition coefficient (Wildman–Crippen LogP) is 1.57. The third-order valence-electron chi connectivity index (χ3n) is 3.33. The van der Waals surface area contributed by atoms with E-state index in [0.717, 1.165) is 12.8 Å². The van der Waals surface area contributed by atoms with Crippen LogP contribution < -0.4 is 10.2 Å². The predicted molar refractivity (Wildman–Crippen MR) is 72.2 cm³/mol. The molecule has 0 bridgehead atoms. The Bertz CT molecular complexity index is 558. The molecule has 1 saturated carbocycles. The van der Waals surface area contributed by atoms with Crippen LogP contribution >= 0.6 is 0 Å². The molecule has 2 N–H and O–H groups in total. The zero-order valence-electron chi connectivity index (χ0n) is 11.0. The van der Waals surface area contributed by atoms with E-state index in [1.165, 1.54) is 4.90 Å². The summed E-state index contributed by atoms with van der Waals surface area (Å²) in [7, 11) is 1.56. The number of aliphatic carboxylic acids is 1. The van der Waals surface area contributed by atoms with Crippen molar-refractivity contribution in [3.05, 3.63) is 29.8 Å². The van der Waals surface area contributed by atoms with Crippen LogP contribution in [0.25, 0.3) is 0 Å². The minimum atomic E-state index is -1.01. The van der Waals surface area contributed by atoms with Crippen molar-refractivity contribution in [1.82, 2.24) is 5.32 Å². The van der Waals surface area contributed by atoms with Gasteiger partial charge >= 0.3 is 12.0 Å². The molecule has 1 unspecified atom stereocenters. The van der Waals surface area contributed by atoms with Crippen molar-refractivity contribution in [3.63, 3.8) is 0 Å². The van der Waals surface area contributed by atoms with Crippen LogP contribution in [0.1, 0.15) is 18.4 Å².